The number of fused-ring (bicyclic) bond motifs is 1. The van der Waals surface area contributed by atoms with Gasteiger partial charge in [0.05, 0.1) is 23.8 Å². The van der Waals surface area contributed by atoms with E-state index in [2.05, 4.69) is 9.97 Å². The summed E-state index contributed by atoms with van der Waals surface area (Å²) in [5, 5.41) is 0.787. The largest absolute Gasteiger partial charge is 0.465 e. The fourth-order valence-electron chi connectivity index (χ4n) is 2.96. The highest BCUT2D eigenvalue weighted by molar-refractivity contribution is 7.71. The molecule has 1 fully saturated rings. The average molecular weight is 388 g/mol. The molecule has 1 aromatic carbocycles. The van der Waals surface area contributed by atoms with E-state index in [-0.39, 0.29) is 17.0 Å². The molecule has 1 saturated carbocycles. The molecule has 8 heteroatoms. The van der Waals surface area contributed by atoms with Crippen molar-refractivity contribution >= 4 is 40.8 Å². The Hall–Kier alpha value is -2.51. The zero-order chi connectivity index (χ0) is 18.4. The van der Waals surface area contributed by atoms with Gasteiger partial charge in [-0.3, -0.25) is 14.3 Å². The number of nitrogens with one attached hydrogen (secondary N) is 1. The maximum Gasteiger partial charge on any atom is 0.338 e. The van der Waals surface area contributed by atoms with Crippen LogP contribution in [0.25, 0.3) is 22.3 Å². The number of hydrogen-bond donors (Lipinski definition) is 1. The Balaban J connectivity index is 2.11. The molecule has 4 rings (SSSR count). The van der Waals surface area contributed by atoms with Gasteiger partial charge in [0.1, 0.15) is 5.65 Å². The first-order valence-electron chi connectivity index (χ1n) is 8.03. The van der Waals surface area contributed by atoms with E-state index < -0.39 is 11.5 Å². The van der Waals surface area contributed by atoms with Gasteiger partial charge in [0.25, 0.3) is 5.56 Å². The Morgan fingerprint density at radius 2 is 2.04 bits per heavy atom. The molecule has 0 amide bonds. The number of carbonyl (C=O) groups excluding carboxylic acids is 1. The first-order valence-corrected chi connectivity index (χ1v) is 8.82. The lowest BCUT2D eigenvalue weighted by molar-refractivity contribution is 0.0603. The molecule has 0 saturated heterocycles. The number of rotatable bonds is 3. The predicted molar refractivity (Wildman–Crippen MR) is 101 cm³/mol. The highest BCUT2D eigenvalue weighted by Gasteiger charge is 2.28. The van der Waals surface area contributed by atoms with Crippen molar-refractivity contribution in [2.75, 3.05) is 7.11 Å². The Morgan fingerprint density at radius 1 is 1.35 bits per heavy atom. The lowest BCUT2D eigenvalue weighted by Crippen LogP contribution is -2.19. The van der Waals surface area contributed by atoms with Gasteiger partial charge in [0.2, 0.25) is 0 Å². The molecular weight excluding hydrogens is 374 g/mol. The monoisotopic (exact) mass is 387 g/mol. The van der Waals surface area contributed by atoms with Crippen molar-refractivity contribution in [3.05, 3.63) is 56.0 Å². The number of hydrogen-bond acceptors (Lipinski definition) is 5. The van der Waals surface area contributed by atoms with E-state index in [9.17, 15) is 9.59 Å². The molecule has 0 aliphatic heterocycles. The van der Waals surface area contributed by atoms with Crippen LogP contribution in [0.2, 0.25) is 5.02 Å². The number of aromatic amines is 1. The van der Waals surface area contributed by atoms with Crippen LogP contribution >= 0.6 is 23.8 Å². The van der Waals surface area contributed by atoms with Crippen LogP contribution in [0.15, 0.2) is 35.1 Å². The normalized spacial score (nSPS) is 13.8. The van der Waals surface area contributed by atoms with E-state index in [1.807, 2.05) is 4.57 Å². The molecule has 1 aliphatic carbocycles. The standard InChI is InChI=1S/C18H14ClN3O3S/c1-25-17(24)12-8-13(9-2-4-10(19)5-3-9)20-15-14(12)16(23)21-18(26)22(15)11-6-7-11/h2-5,8,11H,6-7H2,1H3,(H,21,23,26). The molecular formula is C18H14ClN3O3S. The highest BCUT2D eigenvalue weighted by atomic mass is 35.5. The summed E-state index contributed by atoms with van der Waals surface area (Å²) < 4.78 is 7.00. The first-order chi connectivity index (χ1) is 12.5. The minimum absolute atomic E-state index is 0.160. The summed E-state index contributed by atoms with van der Waals surface area (Å²) in [4.78, 5) is 32.2. The summed E-state index contributed by atoms with van der Waals surface area (Å²) in [6.07, 6.45) is 1.91. The Bertz CT molecular complexity index is 1150. The Morgan fingerprint density at radius 3 is 2.65 bits per heavy atom. The lowest BCUT2D eigenvalue weighted by atomic mass is 10.1. The third kappa shape index (κ3) is 2.83. The van der Waals surface area contributed by atoms with Crippen LogP contribution in [-0.2, 0) is 4.74 Å². The zero-order valence-electron chi connectivity index (χ0n) is 13.8. The van der Waals surface area contributed by atoms with Gasteiger partial charge in [-0.15, -0.1) is 0 Å². The van der Waals surface area contributed by atoms with Crippen molar-refractivity contribution in [2.24, 2.45) is 0 Å². The zero-order valence-corrected chi connectivity index (χ0v) is 15.4. The van der Waals surface area contributed by atoms with Crippen LogP contribution < -0.4 is 5.56 Å². The number of ether oxygens (including phenoxy) is 1. The van der Waals surface area contributed by atoms with Crippen LogP contribution in [0.3, 0.4) is 0 Å². The van der Waals surface area contributed by atoms with Crippen molar-refractivity contribution in [3.63, 3.8) is 0 Å². The third-order valence-electron chi connectivity index (χ3n) is 4.35. The second-order valence-corrected chi connectivity index (χ2v) is 6.94. The van der Waals surface area contributed by atoms with Crippen LogP contribution in [0, 0.1) is 4.77 Å². The minimum atomic E-state index is -0.599. The summed E-state index contributed by atoms with van der Waals surface area (Å²) in [6, 6.07) is 8.84. The van der Waals surface area contributed by atoms with Gasteiger partial charge in [-0.2, -0.15) is 0 Å². The van der Waals surface area contributed by atoms with Gasteiger partial charge in [-0.1, -0.05) is 23.7 Å². The number of nitrogens with zero attached hydrogens (tertiary/aromatic N) is 2. The fraction of sp³-hybridized carbons (Fsp3) is 0.222. The van der Waals surface area contributed by atoms with Crippen LogP contribution in [0.5, 0.6) is 0 Å². The molecule has 0 unspecified atom stereocenters. The van der Waals surface area contributed by atoms with Gasteiger partial charge >= 0.3 is 5.97 Å². The maximum atomic E-state index is 12.5. The van der Waals surface area contributed by atoms with Crippen LogP contribution in [-0.4, -0.2) is 27.6 Å². The molecule has 0 bridgehead atoms. The van der Waals surface area contributed by atoms with Crippen molar-refractivity contribution in [1.82, 2.24) is 14.5 Å². The number of halogens is 1. The lowest BCUT2D eigenvalue weighted by Gasteiger charge is -2.13. The van der Waals surface area contributed by atoms with Crippen molar-refractivity contribution in [2.45, 2.75) is 18.9 Å². The van der Waals surface area contributed by atoms with Crippen molar-refractivity contribution < 1.29 is 9.53 Å². The first kappa shape index (κ1) is 16.9. The third-order valence-corrected chi connectivity index (χ3v) is 4.90. The molecule has 1 N–H and O–H groups in total. The molecule has 26 heavy (non-hydrogen) atoms. The molecule has 3 aromatic rings. The molecule has 132 valence electrons. The number of carbonyl (C=O) groups is 1. The summed E-state index contributed by atoms with van der Waals surface area (Å²) in [6.45, 7) is 0. The average Bonchev–Trinajstić information content (AvgIpc) is 3.45. The van der Waals surface area contributed by atoms with Gasteiger partial charge < -0.3 is 4.74 Å². The molecule has 0 radical (unpaired) electrons. The summed E-state index contributed by atoms with van der Waals surface area (Å²) in [7, 11) is 1.28. The van der Waals surface area contributed by atoms with E-state index in [1.54, 1.807) is 30.3 Å². The molecule has 0 spiro atoms. The molecule has 6 nitrogen and oxygen atoms in total. The van der Waals surface area contributed by atoms with E-state index in [4.69, 9.17) is 28.6 Å². The van der Waals surface area contributed by atoms with Gasteiger partial charge in [0.15, 0.2) is 4.77 Å². The number of benzene rings is 1. The molecule has 2 aromatic heterocycles. The van der Waals surface area contributed by atoms with Gasteiger partial charge in [0, 0.05) is 16.6 Å². The smallest absolute Gasteiger partial charge is 0.338 e. The van der Waals surface area contributed by atoms with E-state index >= 15 is 0 Å². The van der Waals surface area contributed by atoms with Gasteiger partial charge in [-0.25, -0.2) is 9.78 Å². The van der Waals surface area contributed by atoms with Gasteiger partial charge in [-0.05, 0) is 43.3 Å². The summed E-state index contributed by atoms with van der Waals surface area (Å²) >= 11 is 11.3. The molecule has 1 aliphatic rings. The number of H-pyrrole nitrogens is 1. The molecule has 2 heterocycles. The Kier molecular flexibility index (Phi) is 4.13. The predicted octanol–water partition coefficient (Wildman–Crippen LogP) is 3.90. The van der Waals surface area contributed by atoms with Crippen LogP contribution in [0.4, 0.5) is 0 Å². The second-order valence-electron chi connectivity index (χ2n) is 6.11. The molecule has 0 atom stereocenters. The summed E-state index contributed by atoms with van der Waals surface area (Å²) in [5.74, 6) is -0.599. The topological polar surface area (TPSA) is 77.0 Å². The SMILES string of the molecule is COC(=O)c1cc(-c2ccc(Cl)cc2)nc2c1c(=O)[nH]c(=S)n2C1CC1. The number of aromatic nitrogens is 3. The number of pyridine rings is 1. The quantitative estimate of drug-likeness (QED) is 0.545. The second kappa shape index (κ2) is 6.34. The van der Waals surface area contributed by atoms with E-state index in [1.165, 1.54) is 7.11 Å². The summed E-state index contributed by atoms with van der Waals surface area (Å²) in [5.41, 5.74) is 1.43. The van der Waals surface area contributed by atoms with Crippen LogP contribution in [0.1, 0.15) is 29.2 Å². The number of esters is 1. The van der Waals surface area contributed by atoms with Crippen molar-refractivity contribution in [3.8, 4) is 11.3 Å². The van der Waals surface area contributed by atoms with E-state index in [0.717, 1.165) is 18.4 Å². The minimum Gasteiger partial charge on any atom is -0.465 e. The van der Waals surface area contributed by atoms with Crippen molar-refractivity contribution in [1.29, 1.82) is 0 Å². The maximum absolute atomic E-state index is 12.5. The van der Waals surface area contributed by atoms with E-state index in [0.29, 0.717) is 21.1 Å². The highest BCUT2D eigenvalue weighted by Crippen LogP contribution is 2.37. The fourth-order valence-corrected chi connectivity index (χ4v) is 3.41. The Labute approximate surface area is 158 Å². The number of methoxy groups -OCH3 is 1.